The van der Waals surface area contributed by atoms with Crippen molar-refractivity contribution in [2.75, 3.05) is 7.11 Å². The average Bonchev–Trinajstić information content (AvgIpc) is 2.43. The lowest BCUT2D eigenvalue weighted by molar-refractivity contribution is 0.112. The lowest BCUT2D eigenvalue weighted by Crippen LogP contribution is -2.50. The van der Waals surface area contributed by atoms with Crippen molar-refractivity contribution >= 4 is 14.6 Å². The minimum Gasteiger partial charge on any atom is -0.542 e. The highest BCUT2D eigenvalue weighted by Crippen LogP contribution is 2.43. The Hall–Kier alpha value is -1.29. The molecule has 0 aliphatic heterocycles. The first-order valence-electron chi connectivity index (χ1n) is 7.61. The van der Waals surface area contributed by atoms with Crippen LogP contribution in [0.5, 0.6) is 11.5 Å². The van der Waals surface area contributed by atoms with Crippen LogP contribution < -0.4 is 9.16 Å². The maximum atomic E-state index is 11.4. The topological polar surface area (TPSA) is 35.5 Å². The second kappa shape index (κ2) is 7.12. The number of carbonyl (C=O) groups excluding carboxylic acids is 1. The van der Waals surface area contributed by atoms with Crippen LogP contribution in [-0.2, 0) is 0 Å². The molecule has 0 amide bonds. The summed E-state index contributed by atoms with van der Waals surface area (Å²) in [5.41, 5.74) is 1.98. The van der Waals surface area contributed by atoms with E-state index in [1.54, 1.807) is 13.2 Å². The van der Waals surface area contributed by atoms with E-state index in [4.69, 9.17) is 9.16 Å². The predicted molar refractivity (Wildman–Crippen MR) is 90.1 cm³/mol. The summed E-state index contributed by atoms with van der Waals surface area (Å²) in [7, 11) is -0.446. The van der Waals surface area contributed by atoms with Crippen LogP contribution in [0.25, 0.3) is 0 Å². The third kappa shape index (κ3) is 3.49. The van der Waals surface area contributed by atoms with Gasteiger partial charge in [-0.1, -0.05) is 41.5 Å². The summed E-state index contributed by atoms with van der Waals surface area (Å²) in [6.07, 6.45) is 0.845. The van der Waals surface area contributed by atoms with Gasteiger partial charge >= 0.3 is 0 Å². The quantitative estimate of drug-likeness (QED) is 0.521. The van der Waals surface area contributed by atoms with Crippen molar-refractivity contribution in [3.05, 3.63) is 23.8 Å². The zero-order valence-electron chi connectivity index (χ0n) is 14.3. The van der Waals surface area contributed by atoms with Crippen LogP contribution in [0, 0.1) is 0 Å². The summed E-state index contributed by atoms with van der Waals surface area (Å²) in [4.78, 5) is 11.4. The molecule has 0 aliphatic carbocycles. The lowest BCUT2D eigenvalue weighted by Gasteiger charge is -2.42. The Balaban J connectivity index is 3.30. The lowest BCUT2D eigenvalue weighted by atomic mass is 10.2. The molecule has 0 unspecified atom stereocenters. The van der Waals surface area contributed by atoms with Gasteiger partial charge in [0.05, 0.1) is 12.7 Å². The molecule has 0 fully saturated rings. The third-order valence-electron chi connectivity index (χ3n) is 4.34. The van der Waals surface area contributed by atoms with Crippen molar-refractivity contribution in [3.63, 3.8) is 0 Å². The molecular weight excluding hydrogens is 280 g/mol. The highest BCUT2D eigenvalue weighted by molar-refractivity contribution is 6.78. The van der Waals surface area contributed by atoms with E-state index in [1.807, 2.05) is 12.1 Å². The van der Waals surface area contributed by atoms with Crippen molar-refractivity contribution in [1.82, 2.24) is 0 Å². The van der Waals surface area contributed by atoms with Crippen molar-refractivity contribution in [2.24, 2.45) is 0 Å². The fourth-order valence-corrected chi connectivity index (χ4v) is 8.66. The Morgan fingerprint density at radius 2 is 1.52 bits per heavy atom. The van der Waals surface area contributed by atoms with Crippen LogP contribution in [-0.4, -0.2) is 21.7 Å². The van der Waals surface area contributed by atoms with E-state index in [1.165, 1.54) is 0 Å². The fraction of sp³-hybridized carbons (Fsp3) is 0.588. The Morgan fingerprint density at radius 1 is 1.00 bits per heavy atom. The highest BCUT2D eigenvalue weighted by Gasteiger charge is 2.47. The fourth-order valence-electron chi connectivity index (χ4n) is 3.38. The molecule has 4 heteroatoms. The molecule has 0 saturated carbocycles. The molecule has 1 aromatic rings. The summed E-state index contributed by atoms with van der Waals surface area (Å²) >= 11 is 0. The van der Waals surface area contributed by atoms with Crippen LogP contribution in [0.15, 0.2) is 18.2 Å². The molecule has 0 heterocycles. The Labute approximate surface area is 129 Å². The van der Waals surface area contributed by atoms with Crippen LogP contribution in [0.1, 0.15) is 51.9 Å². The van der Waals surface area contributed by atoms with Crippen LogP contribution in [0.4, 0.5) is 0 Å². The van der Waals surface area contributed by atoms with Gasteiger partial charge in [0.1, 0.15) is 11.5 Å². The normalized spacial score (nSPS) is 12.1. The molecule has 0 N–H and O–H groups in total. The standard InChI is InChI=1S/C17H28O3Si/c1-12(2)21(13(3)4,14(5)6)20-17-9-8-16(19-7)10-15(17)11-18/h8-14H,1-7H3. The second-order valence-electron chi connectivity index (χ2n) is 6.44. The van der Waals surface area contributed by atoms with Crippen molar-refractivity contribution in [2.45, 2.75) is 58.2 Å². The molecule has 0 bridgehead atoms. The van der Waals surface area contributed by atoms with Gasteiger partial charge in [0.2, 0.25) is 0 Å². The largest absolute Gasteiger partial charge is 0.542 e. The van der Waals surface area contributed by atoms with E-state index in [9.17, 15) is 4.79 Å². The molecule has 0 radical (unpaired) electrons. The van der Waals surface area contributed by atoms with E-state index in [-0.39, 0.29) is 0 Å². The van der Waals surface area contributed by atoms with Crippen molar-refractivity contribution in [3.8, 4) is 11.5 Å². The summed E-state index contributed by atoms with van der Waals surface area (Å²) in [6, 6.07) is 5.45. The van der Waals surface area contributed by atoms with Crippen LogP contribution in [0.3, 0.4) is 0 Å². The van der Waals surface area contributed by atoms with Crippen molar-refractivity contribution < 1.29 is 14.0 Å². The monoisotopic (exact) mass is 308 g/mol. The summed E-state index contributed by atoms with van der Waals surface area (Å²) in [5.74, 6) is 1.36. The van der Waals surface area contributed by atoms with Gasteiger partial charge < -0.3 is 9.16 Å². The number of benzene rings is 1. The van der Waals surface area contributed by atoms with E-state index in [0.717, 1.165) is 6.29 Å². The Morgan fingerprint density at radius 3 is 1.90 bits per heavy atom. The minimum absolute atomic E-state index is 0.471. The third-order valence-corrected chi connectivity index (χ3v) is 10.3. The van der Waals surface area contributed by atoms with Gasteiger partial charge in [-0.2, -0.15) is 0 Å². The molecule has 1 rings (SSSR count). The Bertz CT molecular complexity index is 459. The number of hydrogen-bond donors (Lipinski definition) is 0. The van der Waals surface area contributed by atoms with Gasteiger partial charge in [-0.15, -0.1) is 0 Å². The molecule has 0 aliphatic rings. The molecule has 3 nitrogen and oxygen atoms in total. The zero-order chi connectivity index (χ0) is 16.2. The molecule has 1 aromatic carbocycles. The highest BCUT2D eigenvalue weighted by atomic mass is 28.4. The van der Waals surface area contributed by atoms with Gasteiger partial charge in [0.15, 0.2) is 6.29 Å². The summed E-state index contributed by atoms with van der Waals surface area (Å²) < 4.78 is 11.7. The number of aldehydes is 1. The van der Waals surface area contributed by atoms with Crippen LogP contribution >= 0.6 is 0 Å². The second-order valence-corrected chi connectivity index (χ2v) is 11.8. The molecule has 0 aromatic heterocycles. The smallest absolute Gasteiger partial charge is 0.258 e. The first-order valence-corrected chi connectivity index (χ1v) is 9.75. The predicted octanol–water partition coefficient (Wildman–Crippen LogP) is 5.06. The Kier molecular flexibility index (Phi) is 6.02. The number of methoxy groups -OCH3 is 1. The maximum absolute atomic E-state index is 11.4. The molecule has 0 saturated heterocycles. The minimum atomic E-state index is -2.04. The average molecular weight is 308 g/mol. The van der Waals surface area contributed by atoms with Gasteiger partial charge in [0.25, 0.3) is 8.32 Å². The summed E-state index contributed by atoms with van der Waals surface area (Å²) in [6.45, 7) is 13.4. The summed E-state index contributed by atoms with van der Waals surface area (Å²) in [5, 5.41) is 0. The molecule has 118 valence electrons. The SMILES string of the molecule is COc1ccc(O[Si](C(C)C)(C(C)C)C(C)C)c(C=O)c1. The van der Waals surface area contributed by atoms with Crippen molar-refractivity contribution in [1.29, 1.82) is 0 Å². The van der Waals surface area contributed by atoms with Gasteiger partial charge in [0, 0.05) is 0 Å². The van der Waals surface area contributed by atoms with E-state index < -0.39 is 8.32 Å². The number of rotatable bonds is 7. The number of hydrogen-bond acceptors (Lipinski definition) is 3. The molecule has 0 spiro atoms. The first-order chi connectivity index (χ1) is 9.79. The van der Waals surface area contributed by atoms with Gasteiger partial charge in [-0.05, 0) is 34.8 Å². The number of carbonyl (C=O) groups is 1. The molecular formula is C17H28O3Si. The van der Waals surface area contributed by atoms with E-state index in [2.05, 4.69) is 41.5 Å². The van der Waals surface area contributed by atoms with E-state index >= 15 is 0 Å². The molecule has 0 atom stereocenters. The van der Waals surface area contributed by atoms with Crippen LogP contribution in [0.2, 0.25) is 16.6 Å². The first kappa shape index (κ1) is 17.8. The number of ether oxygens (including phenoxy) is 1. The van der Waals surface area contributed by atoms with E-state index in [0.29, 0.717) is 33.7 Å². The molecule has 21 heavy (non-hydrogen) atoms. The van der Waals surface area contributed by atoms with Gasteiger partial charge in [-0.25, -0.2) is 0 Å². The maximum Gasteiger partial charge on any atom is 0.258 e. The van der Waals surface area contributed by atoms with Gasteiger partial charge in [-0.3, -0.25) is 4.79 Å². The zero-order valence-corrected chi connectivity index (χ0v) is 15.3.